The van der Waals surface area contributed by atoms with Gasteiger partial charge in [0.2, 0.25) is 0 Å². The fourth-order valence-electron chi connectivity index (χ4n) is 3.08. The summed E-state index contributed by atoms with van der Waals surface area (Å²) in [5.74, 6) is -0.643. The van der Waals surface area contributed by atoms with Gasteiger partial charge in [-0.05, 0) is 18.6 Å². The first-order valence-corrected chi connectivity index (χ1v) is 8.28. The van der Waals surface area contributed by atoms with Crippen LogP contribution in [0.3, 0.4) is 0 Å². The molecule has 3 rings (SSSR count). The van der Waals surface area contributed by atoms with Gasteiger partial charge in [0.15, 0.2) is 0 Å². The van der Waals surface area contributed by atoms with Crippen LogP contribution in [0.25, 0.3) is 0 Å². The summed E-state index contributed by atoms with van der Waals surface area (Å²) in [5.41, 5.74) is 0.818. The molecular formula is C17H20BNO6. The molecule has 0 bridgehead atoms. The first-order valence-electron chi connectivity index (χ1n) is 8.28. The minimum atomic E-state index is -0.806. The third-order valence-corrected chi connectivity index (χ3v) is 4.46. The highest BCUT2D eigenvalue weighted by Crippen LogP contribution is 2.24. The lowest BCUT2D eigenvalue weighted by Gasteiger charge is -2.19. The van der Waals surface area contributed by atoms with Gasteiger partial charge in [-0.2, -0.15) is 0 Å². The first-order chi connectivity index (χ1) is 12.0. The average molecular weight is 345 g/mol. The number of hydrogen-bond acceptors (Lipinski definition) is 6. The second kappa shape index (κ2) is 7.66. The summed E-state index contributed by atoms with van der Waals surface area (Å²) in [7, 11) is 5.77. The maximum atomic E-state index is 12.2. The van der Waals surface area contributed by atoms with Crippen LogP contribution in [0, 0.1) is 0 Å². The molecule has 2 aliphatic heterocycles. The van der Waals surface area contributed by atoms with Gasteiger partial charge >= 0.3 is 0 Å². The Hall–Kier alpha value is -1.74. The molecule has 2 aliphatic rings. The molecule has 0 saturated carbocycles. The number of aliphatic hydroxyl groups excluding tert-OH is 1. The molecule has 132 valence electrons. The monoisotopic (exact) mass is 345 g/mol. The predicted octanol–water partition coefficient (Wildman–Crippen LogP) is 0.306. The highest BCUT2D eigenvalue weighted by molar-refractivity contribution is 6.21. The summed E-state index contributed by atoms with van der Waals surface area (Å²) in [6, 6.07) is 6.00. The summed E-state index contributed by atoms with van der Waals surface area (Å²) in [4.78, 5) is 25.5. The number of aliphatic hydroxyl groups is 1. The number of benzene rings is 1. The summed E-state index contributed by atoms with van der Waals surface area (Å²) in [6.45, 7) is 2.03. The summed E-state index contributed by atoms with van der Waals surface area (Å²) >= 11 is 0. The minimum Gasteiger partial charge on any atom is -0.388 e. The molecule has 2 radical (unpaired) electrons. The molecule has 0 spiro atoms. The quantitative estimate of drug-likeness (QED) is 0.331. The number of amides is 2. The van der Waals surface area contributed by atoms with Crippen LogP contribution >= 0.6 is 0 Å². The van der Waals surface area contributed by atoms with E-state index in [1.54, 1.807) is 24.3 Å². The van der Waals surface area contributed by atoms with Crippen LogP contribution in [0.4, 0.5) is 0 Å². The molecule has 8 heteroatoms. The molecule has 7 nitrogen and oxygen atoms in total. The van der Waals surface area contributed by atoms with Crippen LogP contribution in [-0.4, -0.2) is 73.9 Å². The van der Waals surface area contributed by atoms with Crippen LogP contribution in [0.15, 0.2) is 24.3 Å². The maximum absolute atomic E-state index is 12.2. The van der Waals surface area contributed by atoms with Gasteiger partial charge in [-0.15, -0.1) is 0 Å². The Morgan fingerprint density at radius 1 is 1.24 bits per heavy atom. The first kappa shape index (κ1) is 18.1. The van der Waals surface area contributed by atoms with E-state index >= 15 is 0 Å². The number of hydrogen-bond donors (Lipinski definition) is 1. The lowest BCUT2D eigenvalue weighted by Crippen LogP contribution is -2.37. The summed E-state index contributed by atoms with van der Waals surface area (Å²) in [6.07, 6.45) is -1.18. The van der Waals surface area contributed by atoms with Crippen LogP contribution in [-0.2, 0) is 14.2 Å². The Balaban J connectivity index is 1.43. The number of ether oxygens (including phenoxy) is 3. The van der Waals surface area contributed by atoms with Crippen LogP contribution in [0.5, 0.6) is 0 Å². The molecule has 1 aromatic rings. The largest absolute Gasteiger partial charge is 0.388 e. The van der Waals surface area contributed by atoms with Gasteiger partial charge in [0, 0.05) is 6.00 Å². The lowest BCUT2D eigenvalue weighted by molar-refractivity contribution is -0.117. The second-order valence-electron chi connectivity index (χ2n) is 6.00. The third kappa shape index (κ3) is 3.48. The molecule has 25 heavy (non-hydrogen) atoms. The van der Waals surface area contributed by atoms with Crippen molar-refractivity contribution < 1.29 is 28.9 Å². The molecule has 0 aromatic heterocycles. The Morgan fingerprint density at radius 2 is 1.88 bits per heavy atom. The van der Waals surface area contributed by atoms with Crippen molar-refractivity contribution in [1.29, 1.82) is 0 Å². The highest BCUT2D eigenvalue weighted by atomic mass is 16.7. The number of carbonyl (C=O) groups is 2. The van der Waals surface area contributed by atoms with Crippen molar-refractivity contribution in [2.75, 3.05) is 19.9 Å². The molecule has 1 unspecified atom stereocenters. The van der Waals surface area contributed by atoms with Crippen LogP contribution < -0.4 is 0 Å². The number of carbonyl (C=O) groups excluding carboxylic acids is 2. The molecule has 4 atom stereocenters. The normalized spacial score (nSPS) is 28.6. The number of imide groups is 1. The molecule has 1 N–H and O–H groups in total. The number of rotatable bonds is 7. The van der Waals surface area contributed by atoms with Gasteiger partial charge in [-0.3, -0.25) is 14.5 Å². The van der Waals surface area contributed by atoms with Crippen molar-refractivity contribution >= 4 is 19.7 Å². The SMILES string of the molecule is [B][C@@H]1O[C@H](CC)[C@H](O)C1OCOCCN1C(=O)c2ccccc2C1=O. The van der Waals surface area contributed by atoms with Gasteiger partial charge in [0.05, 0.1) is 30.4 Å². The van der Waals surface area contributed by atoms with Crippen molar-refractivity contribution in [3.8, 4) is 0 Å². The van der Waals surface area contributed by atoms with E-state index in [2.05, 4.69) is 0 Å². The van der Waals surface area contributed by atoms with Crippen LogP contribution in [0.2, 0.25) is 0 Å². The van der Waals surface area contributed by atoms with E-state index in [0.29, 0.717) is 17.5 Å². The molecular weight excluding hydrogens is 325 g/mol. The summed E-state index contributed by atoms with van der Waals surface area (Å²) < 4.78 is 16.1. The molecule has 1 saturated heterocycles. The third-order valence-electron chi connectivity index (χ3n) is 4.46. The zero-order valence-electron chi connectivity index (χ0n) is 14.0. The van der Waals surface area contributed by atoms with E-state index in [9.17, 15) is 14.7 Å². The Labute approximate surface area is 147 Å². The zero-order valence-corrected chi connectivity index (χ0v) is 14.0. The fourth-order valence-corrected chi connectivity index (χ4v) is 3.08. The van der Waals surface area contributed by atoms with Crippen molar-refractivity contribution in [2.24, 2.45) is 0 Å². The van der Waals surface area contributed by atoms with Gasteiger partial charge in [0.1, 0.15) is 26.8 Å². The Morgan fingerprint density at radius 3 is 2.44 bits per heavy atom. The van der Waals surface area contributed by atoms with Crippen molar-refractivity contribution in [1.82, 2.24) is 4.90 Å². The Kier molecular flexibility index (Phi) is 5.53. The summed E-state index contributed by atoms with van der Waals surface area (Å²) in [5, 5.41) is 10.0. The van der Waals surface area contributed by atoms with Crippen molar-refractivity contribution in [2.45, 2.75) is 37.7 Å². The fraction of sp³-hybridized carbons (Fsp3) is 0.529. The highest BCUT2D eigenvalue weighted by Gasteiger charge is 2.40. The molecule has 2 amide bonds. The molecule has 0 aliphatic carbocycles. The number of fused-ring (bicyclic) bond motifs is 1. The predicted molar refractivity (Wildman–Crippen MR) is 88.2 cm³/mol. The maximum Gasteiger partial charge on any atom is 0.261 e. The van der Waals surface area contributed by atoms with Crippen LogP contribution in [0.1, 0.15) is 34.1 Å². The van der Waals surface area contributed by atoms with Gasteiger partial charge in [-0.25, -0.2) is 0 Å². The van der Waals surface area contributed by atoms with E-state index in [4.69, 9.17) is 22.1 Å². The minimum absolute atomic E-state index is 0.113. The van der Waals surface area contributed by atoms with E-state index in [-0.39, 0.29) is 37.9 Å². The molecule has 1 fully saturated rings. The van der Waals surface area contributed by atoms with E-state index in [1.807, 2.05) is 6.92 Å². The number of nitrogens with zero attached hydrogens (tertiary/aromatic N) is 1. The average Bonchev–Trinajstić information content (AvgIpc) is 3.03. The van der Waals surface area contributed by atoms with Gasteiger partial charge < -0.3 is 19.3 Å². The Bertz CT molecular complexity index is 619. The van der Waals surface area contributed by atoms with E-state index < -0.39 is 18.2 Å². The molecule has 2 heterocycles. The zero-order chi connectivity index (χ0) is 18.0. The van der Waals surface area contributed by atoms with Crippen molar-refractivity contribution in [3.63, 3.8) is 0 Å². The second-order valence-corrected chi connectivity index (χ2v) is 6.00. The lowest BCUT2D eigenvalue weighted by atomic mass is 9.92. The van der Waals surface area contributed by atoms with Gasteiger partial charge in [0.25, 0.3) is 11.8 Å². The van der Waals surface area contributed by atoms with Crippen molar-refractivity contribution in [3.05, 3.63) is 35.4 Å². The molecule has 1 aromatic carbocycles. The van der Waals surface area contributed by atoms with E-state index in [0.717, 1.165) is 4.90 Å². The standard InChI is InChI=1S/C17H20BNO6/c1-2-12-13(20)14(15(18)25-12)24-9-23-8-7-19-16(21)10-5-3-4-6-11(10)17(19)22/h3-6,12-15,20H,2,7-9H2,1H3/t12-,13+,14?,15-/m1/s1. The topological polar surface area (TPSA) is 85.3 Å². The smallest absolute Gasteiger partial charge is 0.261 e. The van der Waals surface area contributed by atoms with E-state index in [1.165, 1.54) is 0 Å². The van der Waals surface area contributed by atoms with Gasteiger partial charge in [-0.1, -0.05) is 19.1 Å².